The van der Waals surface area contributed by atoms with Crippen LogP contribution in [0.3, 0.4) is 0 Å². The Labute approximate surface area is 170 Å². The molecule has 4 rings (SSSR count). The van der Waals surface area contributed by atoms with Gasteiger partial charge in [0, 0.05) is 11.8 Å². The van der Waals surface area contributed by atoms with Crippen LogP contribution in [0.1, 0.15) is 18.3 Å². The topological polar surface area (TPSA) is 89.1 Å². The number of halogens is 1. The third kappa shape index (κ3) is 4.75. The zero-order chi connectivity index (χ0) is 20.2. The van der Waals surface area contributed by atoms with Crippen molar-refractivity contribution in [2.45, 2.75) is 17.3 Å². The molecular formula is C20H17FN4O3S. The van der Waals surface area contributed by atoms with Crippen LogP contribution in [0, 0.1) is 5.82 Å². The molecule has 7 nitrogen and oxygen atoms in total. The van der Waals surface area contributed by atoms with E-state index in [9.17, 15) is 9.18 Å². The molecule has 2 heterocycles. The summed E-state index contributed by atoms with van der Waals surface area (Å²) in [5.74, 6) is 1.35. The lowest BCUT2D eigenvalue weighted by Crippen LogP contribution is -2.22. The summed E-state index contributed by atoms with van der Waals surface area (Å²) in [6.45, 7) is 1.96. The summed E-state index contributed by atoms with van der Waals surface area (Å²) in [7, 11) is 0. The van der Waals surface area contributed by atoms with Gasteiger partial charge in [0.15, 0.2) is 11.5 Å². The molecule has 0 fully saturated rings. The highest BCUT2D eigenvalue weighted by molar-refractivity contribution is 8.00. The first-order chi connectivity index (χ1) is 14.1. The third-order valence-electron chi connectivity index (χ3n) is 4.08. The molecule has 0 aliphatic carbocycles. The Morgan fingerprint density at radius 3 is 2.83 bits per heavy atom. The van der Waals surface area contributed by atoms with Gasteiger partial charge in [-0.25, -0.2) is 9.37 Å². The zero-order valence-corrected chi connectivity index (χ0v) is 16.2. The van der Waals surface area contributed by atoms with Gasteiger partial charge in [0.1, 0.15) is 11.6 Å². The normalized spacial score (nSPS) is 13.6. The highest BCUT2D eigenvalue weighted by Crippen LogP contribution is 2.34. The van der Waals surface area contributed by atoms with E-state index in [1.54, 1.807) is 49.4 Å². The lowest BCUT2D eigenvalue weighted by Gasteiger charge is -2.10. The molecule has 3 aromatic rings. The fraction of sp³-hybridized carbons (Fsp3) is 0.150. The van der Waals surface area contributed by atoms with Gasteiger partial charge in [0.05, 0.1) is 5.25 Å². The van der Waals surface area contributed by atoms with Crippen LogP contribution in [0.15, 0.2) is 47.6 Å². The maximum atomic E-state index is 12.9. The highest BCUT2D eigenvalue weighted by atomic mass is 32.2. The fourth-order valence-electron chi connectivity index (χ4n) is 2.56. The molecule has 148 valence electrons. The number of anilines is 1. The monoisotopic (exact) mass is 412 g/mol. The largest absolute Gasteiger partial charge is 0.454 e. The van der Waals surface area contributed by atoms with Crippen LogP contribution in [0.5, 0.6) is 11.5 Å². The summed E-state index contributed by atoms with van der Waals surface area (Å²) in [5, 5.41) is 9.81. The number of hydrogen-bond donors (Lipinski definition) is 2. The van der Waals surface area contributed by atoms with E-state index in [-0.39, 0.29) is 18.5 Å². The van der Waals surface area contributed by atoms with E-state index in [1.807, 2.05) is 0 Å². The number of benzene rings is 2. The molecule has 0 saturated carbocycles. The quantitative estimate of drug-likeness (QED) is 0.596. The van der Waals surface area contributed by atoms with Gasteiger partial charge in [-0.15, -0.1) is 5.10 Å². The number of hydrogen-bond acceptors (Lipinski definition) is 6. The Morgan fingerprint density at radius 2 is 2.00 bits per heavy atom. The molecule has 1 aliphatic heterocycles. The molecule has 1 atom stereocenters. The molecule has 0 bridgehead atoms. The van der Waals surface area contributed by atoms with E-state index in [1.165, 1.54) is 23.9 Å². The van der Waals surface area contributed by atoms with Crippen molar-refractivity contribution in [1.29, 1.82) is 0 Å². The fourth-order valence-corrected chi connectivity index (χ4v) is 3.30. The van der Waals surface area contributed by atoms with Crippen molar-refractivity contribution in [3.63, 3.8) is 0 Å². The third-order valence-corrected chi connectivity index (χ3v) is 5.04. The number of nitrogens with zero attached hydrogens (tertiary/aromatic N) is 2. The van der Waals surface area contributed by atoms with E-state index >= 15 is 0 Å². The van der Waals surface area contributed by atoms with Gasteiger partial charge < -0.3 is 14.8 Å². The minimum absolute atomic E-state index is 0.179. The lowest BCUT2D eigenvalue weighted by molar-refractivity contribution is -0.115. The smallest absolute Gasteiger partial charge is 0.237 e. The number of thioether (sulfide) groups is 1. The second-order valence-corrected chi connectivity index (χ2v) is 7.51. The van der Waals surface area contributed by atoms with Crippen LogP contribution in [-0.2, 0) is 4.79 Å². The molecule has 1 amide bonds. The molecule has 1 unspecified atom stereocenters. The van der Waals surface area contributed by atoms with Gasteiger partial charge in [-0.3, -0.25) is 9.89 Å². The average molecular weight is 412 g/mol. The summed E-state index contributed by atoms with van der Waals surface area (Å²) >= 11 is 1.24. The molecule has 1 aromatic heterocycles. The van der Waals surface area contributed by atoms with Gasteiger partial charge in [-0.1, -0.05) is 30.0 Å². The number of fused-ring (bicyclic) bond motifs is 1. The predicted molar refractivity (Wildman–Crippen MR) is 108 cm³/mol. The van der Waals surface area contributed by atoms with Crippen molar-refractivity contribution in [1.82, 2.24) is 15.2 Å². The van der Waals surface area contributed by atoms with Crippen molar-refractivity contribution in [2.24, 2.45) is 0 Å². The Balaban J connectivity index is 1.34. The van der Waals surface area contributed by atoms with Crippen molar-refractivity contribution in [2.75, 3.05) is 12.1 Å². The first-order valence-corrected chi connectivity index (χ1v) is 9.68. The molecule has 1 aliphatic rings. The van der Waals surface area contributed by atoms with E-state index < -0.39 is 5.25 Å². The Morgan fingerprint density at radius 1 is 1.21 bits per heavy atom. The van der Waals surface area contributed by atoms with E-state index in [0.29, 0.717) is 28.2 Å². The van der Waals surface area contributed by atoms with Crippen molar-refractivity contribution in [3.05, 3.63) is 59.7 Å². The van der Waals surface area contributed by atoms with E-state index in [0.717, 1.165) is 5.56 Å². The molecule has 0 spiro atoms. The minimum Gasteiger partial charge on any atom is -0.454 e. The van der Waals surface area contributed by atoms with Gasteiger partial charge in [-0.2, -0.15) is 0 Å². The minimum atomic E-state index is -0.412. The first-order valence-electron chi connectivity index (χ1n) is 8.80. The Hall–Kier alpha value is -3.33. The number of ether oxygens (including phenoxy) is 2. The maximum Gasteiger partial charge on any atom is 0.237 e. The standard InChI is InChI=1S/C20H17FN4O3S/c1-12(19(26)22-15-7-8-16-17(10-15)28-11-27-16)29-20-23-18(24-25-20)9-4-13-2-5-14(21)6-3-13/h2-10,12H,11H2,1H3,(H,22,26)(H,23,24,25)/b9-4+. The van der Waals surface area contributed by atoms with E-state index in [2.05, 4.69) is 20.5 Å². The van der Waals surface area contributed by atoms with Crippen LogP contribution in [0.4, 0.5) is 10.1 Å². The number of H-pyrrole nitrogens is 1. The van der Waals surface area contributed by atoms with Crippen LogP contribution in [0.25, 0.3) is 12.2 Å². The number of rotatable bonds is 6. The average Bonchev–Trinajstić information content (AvgIpc) is 3.36. The summed E-state index contributed by atoms with van der Waals surface area (Å²) in [5.41, 5.74) is 1.47. The molecule has 2 N–H and O–H groups in total. The molecular weight excluding hydrogens is 395 g/mol. The second kappa shape index (κ2) is 8.36. The first kappa shape index (κ1) is 19.0. The summed E-state index contributed by atoms with van der Waals surface area (Å²) < 4.78 is 23.5. The van der Waals surface area contributed by atoms with Crippen LogP contribution in [0.2, 0.25) is 0 Å². The van der Waals surface area contributed by atoms with Crippen molar-refractivity contribution >= 4 is 35.5 Å². The van der Waals surface area contributed by atoms with Crippen LogP contribution in [-0.4, -0.2) is 33.1 Å². The van der Waals surface area contributed by atoms with Crippen LogP contribution < -0.4 is 14.8 Å². The number of carbonyl (C=O) groups excluding carboxylic acids is 1. The highest BCUT2D eigenvalue weighted by Gasteiger charge is 2.19. The SMILES string of the molecule is CC(Sc1n[nH]c(/C=C/c2ccc(F)cc2)n1)C(=O)Nc1ccc2c(c1)OCO2. The summed E-state index contributed by atoms with van der Waals surface area (Å²) in [6.07, 6.45) is 3.53. The number of amides is 1. The molecule has 9 heteroatoms. The summed E-state index contributed by atoms with van der Waals surface area (Å²) in [6, 6.07) is 11.4. The Bertz CT molecular complexity index is 1050. The Kier molecular flexibility index (Phi) is 5.48. The lowest BCUT2D eigenvalue weighted by atomic mass is 10.2. The van der Waals surface area contributed by atoms with E-state index in [4.69, 9.17) is 9.47 Å². The number of aromatic nitrogens is 3. The molecule has 2 aromatic carbocycles. The van der Waals surface area contributed by atoms with Gasteiger partial charge >= 0.3 is 0 Å². The number of nitrogens with one attached hydrogen (secondary N) is 2. The number of aromatic amines is 1. The summed E-state index contributed by atoms with van der Waals surface area (Å²) in [4.78, 5) is 16.8. The van der Waals surface area contributed by atoms with Gasteiger partial charge in [-0.05, 0) is 42.8 Å². The number of carbonyl (C=O) groups is 1. The molecule has 29 heavy (non-hydrogen) atoms. The van der Waals surface area contributed by atoms with Gasteiger partial charge in [0.2, 0.25) is 17.9 Å². The van der Waals surface area contributed by atoms with Crippen molar-refractivity contribution in [3.8, 4) is 11.5 Å². The second-order valence-electron chi connectivity index (χ2n) is 6.21. The van der Waals surface area contributed by atoms with Crippen LogP contribution >= 0.6 is 11.8 Å². The molecule has 0 saturated heterocycles. The van der Waals surface area contributed by atoms with Crippen molar-refractivity contribution < 1.29 is 18.7 Å². The zero-order valence-electron chi connectivity index (χ0n) is 15.4. The predicted octanol–water partition coefficient (Wildman–Crippen LogP) is 3.96. The van der Waals surface area contributed by atoms with Gasteiger partial charge in [0.25, 0.3) is 0 Å². The maximum absolute atomic E-state index is 12.9. The molecule has 0 radical (unpaired) electrons.